The first-order chi connectivity index (χ1) is 8.77. The average Bonchev–Trinajstić information content (AvgIpc) is 2.98. The molecule has 1 unspecified atom stereocenters. The lowest BCUT2D eigenvalue weighted by Crippen LogP contribution is -2.30. The van der Waals surface area contributed by atoms with Crippen molar-refractivity contribution in [2.75, 3.05) is 32.8 Å². The van der Waals surface area contributed by atoms with Gasteiger partial charge in [0.1, 0.15) is 0 Å². The van der Waals surface area contributed by atoms with E-state index in [1.54, 1.807) is 10.9 Å². The van der Waals surface area contributed by atoms with Crippen molar-refractivity contribution in [1.29, 1.82) is 0 Å². The molecule has 1 aromatic carbocycles. The van der Waals surface area contributed by atoms with E-state index < -0.39 is 0 Å². The van der Waals surface area contributed by atoms with Gasteiger partial charge in [-0.3, -0.25) is 4.67 Å². The Morgan fingerprint density at radius 2 is 1.89 bits per heavy atom. The van der Waals surface area contributed by atoms with Crippen LogP contribution in [0.4, 0.5) is 0 Å². The molecule has 0 spiro atoms. The minimum Gasteiger partial charge on any atom is -0.302 e. The summed E-state index contributed by atoms with van der Waals surface area (Å²) in [6.45, 7) is 9.91. The molecule has 18 heavy (non-hydrogen) atoms. The quantitative estimate of drug-likeness (QED) is 0.773. The number of hydrogen-bond donors (Lipinski definition) is 0. The normalized spacial score (nSPS) is 28.8. The fourth-order valence-corrected chi connectivity index (χ4v) is 5.54. The van der Waals surface area contributed by atoms with Crippen molar-refractivity contribution < 1.29 is 0 Å². The molecular formula is C15H23N2P. The monoisotopic (exact) mass is 262 g/mol. The fraction of sp³-hybridized carbons (Fsp3) is 0.600. The summed E-state index contributed by atoms with van der Waals surface area (Å²) in [6.07, 6.45) is 2.80. The van der Waals surface area contributed by atoms with Gasteiger partial charge in [0.25, 0.3) is 0 Å². The topological polar surface area (TPSA) is 6.48 Å². The molecule has 0 N–H and O–H groups in total. The number of benzene rings is 1. The molecule has 2 heterocycles. The number of nitrogens with zero attached hydrogens (tertiary/aromatic N) is 2. The van der Waals surface area contributed by atoms with Crippen LogP contribution in [-0.2, 0) is 0 Å². The highest BCUT2D eigenvalue weighted by atomic mass is 31.1. The van der Waals surface area contributed by atoms with Crippen LogP contribution in [0.25, 0.3) is 0 Å². The van der Waals surface area contributed by atoms with Crippen LogP contribution in [0, 0.1) is 0 Å². The molecule has 2 atom stereocenters. The van der Waals surface area contributed by atoms with Gasteiger partial charge in [0.05, 0.1) is 0 Å². The van der Waals surface area contributed by atoms with Gasteiger partial charge in [0, 0.05) is 19.1 Å². The van der Waals surface area contributed by atoms with Gasteiger partial charge in [-0.15, -0.1) is 0 Å². The molecule has 2 aliphatic heterocycles. The fourth-order valence-electron chi connectivity index (χ4n) is 3.29. The van der Waals surface area contributed by atoms with Crippen molar-refractivity contribution in [3.05, 3.63) is 29.8 Å². The van der Waals surface area contributed by atoms with E-state index in [0.29, 0.717) is 6.04 Å². The number of likely N-dealkylation sites (tertiary alicyclic amines) is 1. The molecule has 2 aliphatic rings. The Balaban J connectivity index is 1.67. The van der Waals surface area contributed by atoms with Crippen LogP contribution < -0.4 is 5.30 Å². The van der Waals surface area contributed by atoms with Gasteiger partial charge in [-0.1, -0.05) is 24.3 Å². The number of rotatable bonds is 3. The molecule has 1 aromatic rings. The van der Waals surface area contributed by atoms with E-state index in [9.17, 15) is 0 Å². The van der Waals surface area contributed by atoms with Gasteiger partial charge in [-0.2, -0.15) is 0 Å². The van der Waals surface area contributed by atoms with Gasteiger partial charge in [0.15, 0.2) is 0 Å². The Labute approximate surface area is 112 Å². The summed E-state index contributed by atoms with van der Waals surface area (Å²) >= 11 is 0. The van der Waals surface area contributed by atoms with Crippen LogP contribution in [0.1, 0.15) is 31.4 Å². The van der Waals surface area contributed by atoms with E-state index in [1.165, 1.54) is 39.0 Å². The van der Waals surface area contributed by atoms with Crippen LogP contribution in [0.5, 0.6) is 0 Å². The predicted octanol–water partition coefficient (Wildman–Crippen LogP) is 2.81. The first kappa shape index (κ1) is 12.6. The molecule has 0 radical (unpaired) electrons. The van der Waals surface area contributed by atoms with E-state index in [2.05, 4.69) is 47.4 Å². The maximum absolute atomic E-state index is 2.72. The zero-order valence-electron chi connectivity index (χ0n) is 11.5. The molecule has 1 fully saturated rings. The Morgan fingerprint density at radius 1 is 1.17 bits per heavy atom. The summed E-state index contributed by atoms with van der Waals surface area (Å²) in [5.41, 5.74) is 1.56. The van der Waals surface area contributed by atoms with Crippen LogP contribution in [0.3, 0.4) is 0 Å². The third kappa shape index (κ3) is 2.22. The Kier molecular flexibility index (Phi) is 3.70. The van der Waals surface area contributed by atoms with Crippen molar-refractivity contribution in [2.45, 2.75) is 25.8 Å². The highest BCUT2D eigenvalue weighted by Gasteiger charge is 2.32. The molecule has 0 bridgehead atoms. The first-order valence-electron chi connectivity index (χ1n) is 7.09. The lowest BCUT2D eigenvalue weighted by molar-refractivity contribution is 0.282. The minimum absolute atomic E-state index is 0.0972. The smallest absolute Gasteiger partial charge is 0.0366 e. The van der Waals surface area contributed by atoms with Gasteiger partial charge in [-0.05, 0) is 58.5 Å². The molecule has 2 nitrogen and oxygen atoms in total. The summed E-state index contributed by atoms with van der Waals surface area (Å²) in [4.78, 5) is 2.62. The van der Waals surface area contributed by atoms with E-state index >= 15 is 0 Å². The first-order valence-corrected chi connectivity index (χ1v) is 8.83. The molecule has 0 saturated carbocycles. The molecule has 0 aromatic heterocycles. The maximum Gasteiger partial charge on any atom is 0.0366 e. The second kappa shape index (κ2) is 5.28. The molecule has 0 aliphatic carbocycles. The van der Waals surface area contributed by atoms with Crippen molar-refractivity contribution >= 4 is 13.4 Å². The minimum atomic E-state index is -0.0972. The standard InChI is InChI=1S/C15H23N2P/c1-13-14-7-3-4-8-15(14)18(2)17(13)12-11-16-9-5-6-10-16/h3-4,7-8,13H,5-6,9-12H2,1-2H3/t13-,18?/m1/s1. The van der Waals surface area contributed by atoms with Crippen LogP contribution in [-0.4, -0.2) is 42.4 Å². The van der Waals surface area contributed by atoms with Gasteiger partial charge in [-0.25, -0.2) is 0 Å². The Morgan fingerprint density at radius 3 is 2.61 bits per heavy atom. The third-order valence-electron chi connectivity index (χ3n) is 4.41. The highest BCUT2D eigenvalue weighted by molar-refractivity contribution is 7.63. The van der Waals surface area contributed by atoms with Gasteiger partial charge >= 0.3 is 0 Å². The van der Waals surface area contributed by atoms with E-state index in [-0.39, 0.29) is 8.07 Å². The van der Waals surface area contributed by atoms with Crippen molar-refractivity contribution in [1.82, 2.24) is 9.57 Å². The summed E-state index contributed by atoms with van der Waals surface area (Å²) in [5.74, 6) is 0. The summed E-state index contributed by atoms with van der Waals surface area (Å²) in [6, 6.07) is 9.62. The number of fused-ring (bicyclic) bond motifs is 1. The largest absolute Gasteiger partial charge is 0.302 e. The van der Waals surface area contributed by atoms with Crippen LogP contribution in [0.15, 0.2) is 24.3 Å². The van der Waals surface area contributed by atoms with Crippen LogP contribution >= 0.6 is 8.07 Å². The lowest BCUT2D eigenvalue weighted by atomic mass is 10.1. The second-order valence-corrected chi connectivity index (χ2v) is 7.51. The molecule has 98 valence electrons. The van der Waals surface area contributed by atoms with Crippen LogP contribution in [0.2, 0.25) is 0 Å². The SMILES string of the molecule is C[C@@H]1c2ccccc2P(C)N1CCN1CCCC1. The summed E-state index contributed by atoms with van der Waals surface area (Å²) < 4.78 is 2.72. The Hall–Kier alpha value is -0.430. The van der Waals surface area contributed by atoms with Gasteiger partial charge < -0.3 is 4.90 Å². The van der Waals surface area contributed by atoms with Crippen molar-refractivity contribution in [3.63, 3.8) is 0 Å². The van der Waals surface area contributed by atoms with Crippen molar-refractivity contribution in [3.8, 4) is 0 Å². The molecule has 3 heteroatoms. The predicted molar refractivity (Wildman–Crippen MR) is 79.7 cm³/mol. The molecule has 1 saturated heterocycles. The maximum atomic E-state index is 2.72. The average molecular weight is 262 g/mol. The number of hydrogen-bond acceptors (Lipinski definition) is 2. The van der Waals surface area contributed by atoms with Gasteiger partial charge in [0.2, 0.25) is 0 Å². The van der Waals surface area contributed by atoms with E-state index in [0.717, 1.165) is 0 Å². The molecular weight excluding hydrogens is 239 g/mol. The molecule has 0 amide bonds. The zero-order chi connectivity index (χ0) is 12.5. The highest BCUT2D eigenvalue weighted by Crippen LogP contribution is 2.49. The van der Waals surface area contributed by atoms with E-state index in [1.807, 2.05) is 0 Å². The summed E-state index contributed by atoms with van der Waals surface area (Å²) in [5, 5.41) is 1.60. The van der Waals surface area contributed by atoms with Crippen molar-refractivity contribution in [2.24, 2.45) is 0 Å². The Bertz CT molecular complexity index is 386. The van der Waals surface area contributed by atoms with E-state index in [4.69, 9.17) is 0 Å². The molecule has 3 rings (SSSR count). The zero-order valence-corrected chi connectivity index (χ0v) is 12.4. The second-order valence-electron chi connectivity index (χ2n) is 5.47. The third-order valence-corrected chi connectivity index (χ3v) is 6.83. The lowest BCUT2D eigenvalue weighted by Gasteiger charge is -2.28. The summed E-state index contributed by atoms with van der Waals surface area (Å²) in [7, 11) is -0.0972.